The van der Waals surface area contributed by atoms with E-state index in [4.69, 9.17) is 4.74 Å². The zero-order valence-corrected chi connectivity index (χ0v) is 15.6. The highest BCUT2D eigenvalue weighted by Crippen LogP contribution is 2.37. The lowest BCUT2D eigenvalue weighted by atomic mass is 9.85. The summed E-state index contributed by atoms with van der Waals surface area (Å²) in [6.45, 7) is 3.02. The number of hydrogen-bond donors (Lipinski definition) is 0. The number of rotatable bonds is 9. The zero-order chi connectivity index (χ0) is 18.0. The Bertz CT molecular complexity index is 725. The summed E-state index contributed by atoms with van der Waals surface area (Å²) in [7, 11) is 0. The highest BCUT2D eigenvalue weighted by atomic mass is 16.5. The van der Waals surface area contributed by atoms with Crippen molar-refractivity contribution in [3.05, 3.63) is 102 Å². The minimum absolute atomic E-state index is 0.184. The Labute approximate surface area is 157 Å². The van der Waals surface area contributed by atoms with Crippen molar-refractivity contribution in [3.8, 4) is 5.75 Å². The van der Waals surface area contributed by atoms with E-state index >= 15 is 0 Å². The summed E-state index contributed by atoms with van der Waals surface area (Å²) in [5, 5.41) is 0. The average Bonchev–Trinajstić information content (AvgIpc) is 2.71. The molecule has 3 rings (SSSR count). The van der Waals surface area contributed by atoms with Crippen molar-refractivity contribution in [2.45, 2.75) is 38.5 Å². The van der Waals surface area contributed by atoms with E-state index in [-0.39, 0.29) is 5.92 Å². The molecule has 0 saturated carbocycles. The van der Waals surface area contributed by atoms with E-state index in [2.05, 4.69) is 91.9 Å². The first-order valence-electron chi connectivity index (χ1n) is 9.71. The molecule has 0 amide bonds. The van der Waals surface area contributed by atoms with Crippen LogP contribution < -0.4 is 4.74 Å². The lowest BCUT2D eigenvalue weighted by molar-refractivity contribution is 0.302. The first-order valence-corrected chi connectivity index (χ1v) is 9.71. The van der Waals surface area contributed by atoms with E-state index in [9.17, 15) is 0 Å². The molecule has 0 aliphatic heterocycles. The normalized spacial score (nSPS) is 10.8. The SMILES string of the molecule is CCCCCCOc1ccccc1C(c1ccccc1)c1ccccc1. The molecule has 3 aromatic rings. The Hall–Kier alpha value is -2.54. The Morgan fingerprint density at radius 1 is 0.654 bits per heavy atom. The van der Waals surface area contributed by atoms with Crippen LogP contribution in [0, 0.1) is 0 Å². The molecular formula is C25H28O. The van der Waals surface area contributed by atoms with Gasteiger partial charge in [0.05, 0.1) is 6.61 Å². The summed E-state index contributed by atoms with van der Waals surface area (Å²) in [6.07, 6.45) is 4.88. The Kier molecular flexibility index (Phi) is 6.89. The summed E-state index contributed by atoms with van der Waals surface area (Å²) in [6, 6.07) is 29.9. The molecule has 0 atom stereocenters. The second-order valence-electron chi connectivity index (χ2n) is 6.70. The van der Waals surface area contributed by atoms with E-state index in [1.165, 1.54) is 36.0 Å². The van der Waals surface area contributed by atoms with Crippen LogP contribution in [0.3, 0.4) is 0 Å². The molecule has 0 N–H and O–H groups in total. The van der Waals surface area contributed by atoms with Gasteiger partial charge in [-0.2, -0.15) is 0 Å². The lowest BCUT2D eigenvalue weighted by Crippen LogP contribution is -2.07. The molecule has 0 fully saturated rings. The van der Waals surface area contributed by atoms with Gasteiger partial charge in [-0.25, -0.2) is 0 Å². The predicted octanol–water partition coefficient (Wildman–Crippen LogP) is 6.83. The molecule has 0 heterocycles. The average molecular weight is 344 g/mol. The van der Waals surface area contributed by atoms with Gasteiger partial charge in [-0.05, 0) is 23.6 Å². The van der Waals surface area contributed by atoms with Crippen molar-refractivity contribution in [1.29, 1.82) is 0 Å². The summed E-state index contributed by atoms with van der Waals surface area (Å²) in [5.74, 6) is 1.19. The van der Waals surface area contributed by atoms with E-state index < -0.39 is 0 Å². The number of benzene rings is 3. The van der Waals surface area contributed by atoms with Crippen LogP contribution in [0.5, 0.6) is 5.75 Å². The summed E-state index contributed by atoms with van der Waals surface area (Å²) in [5.41, 5.74) is 3.82. The van der Waals surface area contributed by atoms with Crippen LogP contribution in [0.2, 0.25) is 0 Å². The van der Waals surface area contributed by atoms with E-state index in [0.717, 1.165) is 18.8 Å². The third-order valence-corrected chi connectivity index (χ3v) is 4.75. The fraction of sp³-hybridized carbons (Fsp3) is 0.280. The van der Waals surface area contributed by atoms with Crippen LogP contribution in [0.25, 0.3) is 0 Å². The minimum atomic E-state index is 0.184. The molecule has 26 heavy (non-hydrogen) atoms. The smallest absolute Gasteiger partial charge is 0.123 e. The van der Waals surface area contributed by atoms with Gasteiger partial charge in [0, 0.05) is 11.5 Å². The molecule has 0 radical (unpaired) electrons. The van der Waals surface area contributed by atoms with Gasteiger partial charge < -0.3 is 4.74 Å². The van der Waals surface area contributed by atoms with Crippen molar-refractivity contribution in [1.82, 2.24) is 0 Å². The van der Waals surface area contributed by atoms with Gasteiger partial charge in [-0.3, -0.25) is 0 Å². The zero-order valence-electron chi connectivity index (χ0n) is 15.6. The molecule has 0 aliphatic carbocycles. The molecule has 0 aromatic heterocycles. The minimum Gasteiger partial charge on any atom is -0.493 e. The fourth-order valence-electron chi connectivity index (χ4n) is 3.40. The highest BCUT2D eigenvalue weighted by Gasteiger charge is 2.20. The van der Waals surface area contributed by atoms with Gasteiger partial charge >= 0.3 is 0 Å². The van der Waals surface area contributed by atoms with E-state index in [1.54, 1.807) is 0 Å². The first kappa shape index (κ1) is 18.3. The van der Waals surface area contributed by atoms with Gasteiger partial charge in [-0.15, -0.1) is 0 Å². The van der Waals surface area contributed by atoms with E-state index in [0.29, 0.717) is 0 Å². The molecule has 0 aliphatic rings. The fourth-order valence-corrected chi connectivity index (χ4v) is 3.40. The maximum atomic E-state index is 6.21. The molecule has 0 saturated heterocycles. The molecule has 3 aromatic carbocycles. The molecular weight excluding hydrogens is 316 g/mol. The van der Waals surface area contributed by atoms with Crippen molar-refractivity contribution < 1.29 is 4.74 Å². The summed E-state index contributed by atoms with van der Waals surface area (Å²) >= 11 is 0. The van der Waals surface area contributed by atoms with Crippen LogP contribution in [0.4, 0.5) is 0 Å². The summed E-state index contributed by atoms with van der Waals surface area (Å²) < 4.78 is 6.21. The van der Waals surface area contributed by atoms with Crippen molar-refractivity contribution in [2.24, 2.45) is 0 Å². The molecule has 1 heteroatoms. The molecule has 134 valence electrons. The van der Waals surface area contributed by atoms with Gasteiger partial charge in [0.2, 0.25) is 0 Å². The van der Waals surface area contributed by atoms with Crippen LogP contribution in [0.1, 0.15) is 55.2 Å². The first-order chi connectivity index (χ1) is 12.9. The van der Waals surface area contributed by atoms with Crippen LogP contribution in [0.15, 0.2) is 84.9 Å². The van der Waals surface area contributed by atoms with Gasteiger partial charge in [0.15, 0.2) is 0 Å². The van der Waals surface area contributed by atoms with Gasteiger partial charge in [-0.1, -0.05) is 105 Å². The number of unbranched alkanes of at least 4 members (excludes halogenated alkanes) is 3. The van der Waals surface area contributed by atoms with Crippen molar-refractivity contribution in [2.75, 3.05) is 6.61 Å². The quantitative estimate of drug-likeness (QED) is 0.305. The Morgan fingerprint density at radius 3 is 1.85 bits per heavy atom. The summed E-state index contributed by atoms with van der Waals surface area (Å²) in [4.78, 5) is 0. The molecule has 0 spiro atoms. The lowest BCUT2D eigenvalue weighted by Gasteiger charge is -2.22. The predicted molar refractivity (Wildman–Crippen MR) is 110 cm³/mol. The second kappa shape index (κ2) is 9.82. The molecule has 0 unspecified atom stereocenters. The monoisotopic (exact) mass is 344 g/mol. The second-order valence-corrected chi connectivity index (χ2v) is 6.70. The van der Waals surface area contributed by atoms with Crippen molar-refractivity contribution in [3.63, 3.8) is 0 Å². The topological polar surface area (TPSA) is 9.23 Å². The molecule has 1 nitrogen and oxygen atoms in total. The number of ether oxygens (including phenoxy) is 1. The maximum Gasteiger partial charge on any atom is 0.123 e. The van der Waals surface area contributed by atoms with Crippen molar-refractivity contribution >= 4 is 0 Å². The largest absolute Gasteiger partial charge is 0.493 e. The number of para-hydroxylation sites is 1. The number of hydrogen-bond acceptors (Lipinski definition) is 1. The van der Waals surface area contributed by atoms with Crippen LogP contribution in [-0.2, 0) is 0 Å². The Balaban J connectivity index is 1.90. The third kappa shape index (κ3) is 4.76. The van der Waals surface area contributed by atoms with Crippen LogP contribution >= 0.6 is 0 Å². The standard InChI is InChI=1S/C25H28O/c1-2-3-4-13-20-26-24-19-12-11-18-23(24)25(21-14-7-5-8-15-21)22-16-9-6-10-17-22/h5-12,14-19,25H,2-4,13,20H2,1H3. The van der Waals surface area contributed by atoms with Gasteiger partial charge in [0.1, 0.15) is 5.75 Å². The third-order valence-electron chi connectivity index (χ3n) is 4.75. The highest BCUT2D eigenvalue weighted by molar-refractivity contribution is 5.48. The molecule has 0 bridgehead atoms. The van der Waals surface area contributed by atoms with E-state index in [1.807, 2.05) is 0 Å². The van der Waals surface area contributed by atoms with Gasteiger partial charge in [0.25, 0.3) is 0 Å². The Morgan fingerprint density at radius 2 is 1.23 bits per heavy atom. The van der Waals surface area contributed by atoms with Crippen LogP contribution in [-0.4, -0.2) is 6.61 Å². The maximum absolute atomic E-state index is 6.21.